The maximum absolute atomic E-state index is 12.9. The molecule has 0 radical (unpaired) electrons. The van der Waals surface area contributed by atoms with Crippen molar-refractivity contribution in [3.63, 3.8) is 0 Å². The van der Waals surface area contributed by atoms with Crippen LogP contribution >= 0.6 is 8.25 Å². The second-order valence-electron chi connectivity index (χ2n) is 12.4. The van der Waals surface area contributed by atoms with E-state index in [1.807, 2.05) is 0 Å². The van der Waals surface area contributed by atoms with Crippen LogP contribution in [0.4, 0.5) is 0 Å². The highest BCUT2D eigenvalue weighted by molar-refractivity contribution is 7.33. The Morgan fingerprint density at radius 2 is 1.42 bits per heavy atom. The number of aliphatic hydroxyl groups excluding tert-OH is 1. The van der Waals surface area contributed by atoms with Gasteiger partial charge in [0, 0.05) is 40.9 Å². The number of nitrogens with one attached hydrogen (secondary N) is 2. The molecular formula is C26H40N4O11PSi+. The number of ether oxygens (including phenoxy) is 2. The standard InChI is InChI=1S/C26H39N4O11PSi/c1-14-10-29(24(34)27-22(14)32)20-8-16(18(12-31)38-20)40-42(36)37-13-19-17(41-43(6,7)26(3,4)5)9-21(39-19)30-11-15(2)23(33)28-25(30)35/h10-11,16-21,31H,8-9,12-13H2,1-7H3,(H-,27,28,32,33,34,35)/p+1/t16-,17-,18+,19+,20+,21+/m0/s1. The third-order valence-corrected chi connectivity index (χ3v) is 13.6. The van der Waals surface area contributed by atoms with Gasteiger partial charge in [0.15, 0.2) is 8.32 Å². The van der Waals surface area contributed by atoms with Crippen LogP contribution in [-0.2, 0) is 27.5 Å². The van der Waals surface area contributed by atoms with Gasteiger partial charge in [-0.2, -0.15) is 0 Å². The number of H-pyrrole nitrogens is 2. The molecule has 0 bridgehead atoms. The number of hydrogen-bond donors (Lipinski definition) is 3. The fourth-order valence-electron chi connectivity index (χ4n) is 4.72. The molecule has 2 aromatic heterocycles. The molecule has 0 saturated carbocycles. The normalized spacial score (nSPS) is 26.7. The Labute approximate surface area is 249 Å². The van der Waals surface area contributed by atoms with Crippen LogP contribution in [0.1, 0.15) is 57.2 Å². The molecule has 2 saturated heterocycles. The molecule has 0 aliphatic carbocycles. The number of rotatable bonds is 10. The predicted octanol–water partition coefficient (Wildman–Crippen LogP) is 1.72. The van der Waals surface area contributed by atoms with Gasteiger partial charge in [-0.15, -0.1) is 9.05 Å². The summed E-state index contributed by atoms with van der Waals surface area (Å²) < 4.78 is 45.1. The first-order valence-corrected chi connectivity index (χ1v) is 18.0. The van der Waals surface area contributed by atoms with E-state index in [0.717, 1.165) is 0 Å². The maximum atomic E-state index is 12.9. The lowest BCUT2D eigenvalue weighted by atomic mass is 10.2. The predicted molar refractivity (Wildman–Crippen MR) is 157 cm³/mol. The van der Waals surface area contributed by atoms with Crippen molar-refractivity contribution in [3.8, 4) is 0 Å². The van der Waals surface area contributed by atoms with E-state index in [1.165, 1.54) is 21.5 Å². The second kappa shape index (κ2) is 12.8. The van der Waals surface area contributed by atoms with Gasteiger partial charge < -0.3 is 19.0 Å². The van der Waals surface area contributed by atoms with Crippen molar-refractivity contribution >= 4 is 16.6 Å². The summed E-state index contributed by atoms with van der Waals surface area (Å²) >= 11 is 0. The van der Waals surface area contributed by atoms with Crippen LogP contribution in [0.15, 0.2) is 31.6 Å². The first kappa shape index (κ1) is 33.3. The average Bonchev–Trinajstić information content (AvgIpc) is 3.49. The minimum absolute atomic E-state index is 0.0641. The summed E-state index contributed by atoms with van der Waals surface area (Å²) in [4.78, 5) is 53.0. The summed E-state index contributed by atoms with van der Waals surface area (Å²) in [6.07, 6.45) is -1.48. The lowest BCUT2D eigenvalue weighted by Gasteiger charge is -2.39. The zero-order valence-corrected chi connectivity index (χ0v) is 27.2. The minimum atomic E-state index is -2.73. The Kier molecular flexibility index (Phi) is 9.93. The molecule has 0 aromatic carbocycles. The third kappa shape index (κ3) is 7.40. The second-order valence-corrected chi connectivity index (χ2v) is 18.1. The molecule has 2 fully saturated rings. The lowest BCUT2D eigenvalue weighted by molar-refractivity contribution is -0.0494. The van der Waals surface area contributed by atoms with E-state index in [2.05, 4.69) is 43.8 Å². The summed E-state index contributed by atoms with van der Waals surface area (Å²) in [6, 6.07) is 0. The summed E-state index contributed by atoms with van der Waals surface area (Å²) in [7, 11) is -5.04. The Hall–Kier alpha value is -2.56. The van der Waals surface area contributed by atoms with E-state index in [4.69, 9.17) is 22.9 Å². The van der Waals surface area contributed by atoms with Crippen molar-refractivity contribution in [2.45, 2.75) is 102 Å². The number of hydrogen-bond acceptors (Lipinski definition) is 11. The van der Waals surface area contributed by atoms with Crippen molar-refractivity contribution in [1.29, 1.82) is 0 Å². The van der Waals surface area contributed by atoms with E-state index >= 15 is 0 Å². The molecule has 15 nitrogen and oxygen atoms in total. The largest absolute Gasteiger partial charge is 0.697 e. The van der Waals surface area contributed by atoms with Gasteiger partial charge in [0.25, 0.3) is 11.1 Å². The number of aromatic amines is 2. The van der Waals surface area contributed by atoms with Crippen molar-refractivity contribution in [2.75, 3.05) is 13.2 Å². The fraction of sp³-hybridized carbons (Fsp3) is 0.692. The molecule has 2 aliphatic heterocycles. The number of aliphatic hydroxyl groups is 1. The van der Waals surface area contributed by atoms with Gasteiger partial charge in [-0.3, -0.25) is 28.7 Å². The summed E-state index contributed by atoms with van der Waals surface area (Å²) in [5.41, 5.74) is -1.67. The summed E-state index contributed by atoms with van der Waals surface area (Å²) in [6.45, 7) is 12.9. The van der Waals surface area contributed by atoms with E-state index in [0.29, 0.717) is 17.5 Å². The summed E-state index contributed by atoms with van der Waals surface area (Å²) in [5.74, 6) is 0. The van der Waals surface area contributed by atoms with Crippen LogP contribution in [0, 0.1) is 13.8 Å². The van der Waals surface area contributed by atoms with Crippen LogP contribution in [0.2, 0.25) is 18.1 Å². The number of aromatic nitrogens is 4. The molecule has 1 unspecified atom stereocenters. The van der Waals surface area contributed by atoms with Crippen LogP contribution in [0.25, 0.3) is 0 Å². The SMILES string of the molecule is Cc1cn([C@H]2C[C@H](O[P+](=O)OC[C@H]3O[C@@H](n4cc(C)c(=O)[nH]c4=O)C[C@@H]3O[Si](C)(C)C(C)(C)C)[C@@H](CO)O2)c(=O)[nH]c1=O. The van der Waals surface area contributed by atoms with Crippen LogP contribution in [-0.4, -0.2) is 70.2 Å². The molecule has 43 heavy (non-hydrogen) atoms. The highest BCUT2D eigenvalue weighted by atomic mass is 31.1. The Bertz CT molecular complexity index is 1580. The van der Waals surface area contributed by atoms with Gasteiger partial charge in [-0.05, 0) is 32.0 Å². The first-order valence-electron chi connectivity index (χ1n) is 14.0. The zero-order valence-electron chi connectivity index (χ0n) is 25.3. The molecule has 0 spiro atoms. The van der Waals surface area contributed by atoms with E-state index < -0.39 is 82.5 Å². The molecule has 4 heterocycles. The van der Waals surface area contributed by atoms with Crippen molar-refractivity contribution in [3.05, 3.63) is 65.2 Å². The molecule has 4 rings (SSSR count). The van der Waals surface area contributed by atoms with Crippen LogP contribution < -0.4 is 22.5 Å². The lowest BCUT2D eigenvalue weighted by Crippen LogP contribution is -2.46. The van der Waals surface area contributed by atoms with Crippen LogP contribution in [0.5, 0.6) is 0 Å². The maximum Gasteiger partial charge on any atom is 0.697 e. The molecular weight excluding hydrogens is 603 g/mol. The van der Waals surface area contributed by atoms with E-state index in [-0.39, 0.29) is 18.1 Å². The molecule has 2 aliphatic rings. The first-order chi connectivity index (χ1) is 20.0. The van der Waals surface area contributed by atoms with Crippen LogP contribution in [0.3, 0.4) is 0 Å². The van der Waals surface area contributed by atoms with Gasteiger partial charge in [-0.1, -0.05) is 20.8 Å². The smallest absolute Gasteiger partial charge is 0.411 e. The fourth-order valence-corrected chi connectivity index (χ4v) is 6.85. The monoisotopic (exact) mass is 643 g/mol. The van der Waals surface area contributed by atoms with Gasteiger partial charge in [0.1, 0.15) is 37.4 Å². The Morgan fingerprint density at radius 3 is 1.91 bits per heavy atom. The molecule has 238 valence electrons. The topological polar surface area (TPSA) is 193 Å². The number of nitrogens with zero attached hydrogens (tertiary/aromatic N) is 2. The Balaban J connectivity index is 1.46. The van der Waals surface area contributed by atoms with Gasteiger partial charge in [0.2, 0.25) is 0 Å². The van der Waals surface area contributed by atoms with E-state index in [1.54, 1.807) is 13.8 Å². The van der Waals surface area contributed by atoms with Gasteiger partial charge in [-0.25, -0.2) is 9.59 Å². The third-order valence-electron chi connectivity index (χ3n) is 8.27. The number of aryl methyl sites for hydroxylation is 2. The minimum Gasteiger partial charge on any atom is -0.411 e. The van der Waals surface area contributed by atoms with Gasteiger partial charge >= 0.3 is 19.6 Å². The molecule has 3 N–H and O–H groups in total. The average molecular weight is 644 g/mol. The molecule has 17 heteroatoms. The highest BCUT2D eigenvalue weighted by Crippen LogP contribution is 2.42. The molecule has 2 aromatic rings. The van der Waals surface area contributed by atoms with Crippen molar-refractivity contribution < 1.29 is 32.6 Å². The summed E-state index contributed by atoms with van der Waals surface area (Å²) in [5, 5.41) is 9.70. The van der Waals surface area contributed by atoms with E-state index in [9.17, 15) is 28.8 Å². The molecule has 0 amide bonds. The Morgan fingerprint density at radius 1 is 0.930 bits per heavy atom. The quantitative estimate of drug-likeness (QED) is 0.252. The van der Waals surface area contributed by atoms with Crippen molar-refractivity contribution in [2.24, 2.45) is 0 Å². The van der Waals surface area contributed by atoms with Gasteiger partial charge in [0.05, 0.1) is 12.7 Å². The highest BCUT2D eigenvalue weighted by Gasteiger charge is 2.48. The van der Waals surface area contributed by atoms with Crippen molar-refractivity contribution in [1.82, 2.24) is 19.1 Å². The zero-order chi connectivity index (χ0) is 31.9. The molecule has 7 atom stereocenters.